The van der Waals surface area contributed by atoms with E-state index in [-0.39, 0.29) is 65.4 Å². The van der Waals surface area contributed by atoms with Crippen LogP contribution in [-0.2, 0) is 14.4 Å². The minimum atomic E-state index is -1.29. The molecule has 0 atom stereocenters. The third-order valence-corrected chi connectivity index (χ3v) is 4.94. The molecule has 0 radical (unpaired) electrons. The Bertz CT molecular complexity index is 836. The fourth-order valence-corrected chi connectivity index (χ4v) is 3.52. The first-order valence-electron chi connectivity index (χ1n) is 10.5. The second-order valence-electron chi connectivity index (χ2n) is 7.63. The largest absolute Gasteiger partial charge is 0.549 e. The van der Waals surface area contributed by atoms with Crippen LogP contribution in [0.25, 0.3) is 0 Å². The summed E-state index contributed by atoms with van der Waals surface area (Å²) in [6.07, 6.45) is -0.572. The molecule has 2 N–H and O–H groups in total. The maximum absolute atomic E-state index is 11.2. The lowest BCUT2D eigenvalue weighted by molar-refractivity contribution is -0.308. The molecule has 1 aliphatic heterocycles. The number of ether oxygens (including phenoxy) is 1. The van der Waals surface area contributed by atoms with Gasteiger partial charge in [-0.1, -0.05) is 11.8 Å². The molecule has 0 spiro atoms. The van der Waals surface area contributed by atoms with Gasteiger partial charge in [-0.05, 0) is 24.3 Å². The van der Waals surface area contributed by atoms with E-state index in [4.69, 9.17) is 10.5 Å². The molecule has 11 heteroatoms. The maximum atomic E-state index is 11.2. The van der Waals surface area contributed by atoms with Crippen molar-refractivity contribution in [2.75, 3.05) is 65.4 Å². The third-order valence-electron chi connectivity index (χ3n) is 4.94. The summed E-state index contributed by atoms with van der Waals surface area (Å²) in [5.41, 5.74) is 6.13. The quantitative estimate of drug-likeness (QED) is 0.370. The molecule has 0 aliphatic carbocycles. The number of nitrogens with zero attached hydrogens (tertiary/aromatic N) is 3. The second-order valence-corrected chi connectivity index (χ2v) is 7.63. The zero-order valence-electron chi connectivity index (χ0n) is 18.2. The molecule has 1 fully saturated rings. The van der Waals surface area contributed by atoms with Crippen LogP contribution >= 0.6 is 0 Å². The van der Waals surface area contributed by atoms with Crippen molar-refractivity contribution in [2.45, 2.75) is 6.10 Å². The van der Waals surface area contributed by atoms with Crippen LogP contribution in [0.5, 0.6) is 5.75 Å². The number of carboxylic acids is 3. The molecule has 1 aliphatic rings. The maximum Gasteiger partial charge on any atom is 0.124 e. The van der Waals surface area contributed by atoms with Crippen LogP contribution in [0.2, 0.25) is 0 Å². The molecule has 2 rings (SSSR count). The van der Waals surface area contributed by atoms with Gasteiger partial charge in [-0.3, -0.25) is 14.7 Å². The standard InChI is InChI=1S/C22H30N4O7/c23-7-1-2-17-3-5-18(6-4-17)33-19-12-25(15-21(29)30)10-8-24(14-20(27)28)9-11-26(13-19)16-22(31)32/h3-6,19H,7-16,23H2,(H,27,28)(H,29,30)(H,31,32)/p-3. The molecule has 0 amide bonds. The number of benzene rings is 1. The van der Waals surface area contributed by atoms with E-state index in [0.29, 0.717) is 5.75 Å². The highest BCUT2D eigenvalue weighted by Gasteiger charge is 2.23. The van der Waals surface area contributed by atoms with E-state index < -0.39 is 24.0 Å². The Morgan fingerprint density at radius 2 is 1.30 bits per heavy atom. The summed E-state index contributed by atoms with van der Waals surface area (Å²) in [5, 5.41) is 33.5. The number of hydrogen-bond donors (Lipinski definition) is 1. The van der Waals surface area contributed by atoms with Gasteiger partial charge in [0, 0.05) is 64.5 Å². The van der Waals surface area contributed by atoms with E-state index >= 15 is 0 Å². The first kappa shape index (κ1) is 26.1. The van der Waals surface area contributed by atoms with E-state index in [1.54, 1.807) is 39.0 Å². The normalized spacial score (nSPS) is 17.0. The first-order chi connectivity index (χ1) is 15.7. The molecule has 1 heterocycles. The van der Waals surface area contributed by atoms with Crippen molar-refractivity contribution in [3.8, 4) is 17.6 Å². The average molecular weight is 459 g/mol. The van der Waals surface area contributed by atoms with Gasteiger partial charge in [0.25, 0.3) is 0 Å². The van der Waals surface area contributed by atoms with Crippen molar-refractivity contribution in [2.24, 2.45) is 5.73 Å². The summed E-state index contributed by atoms with van der Waals surface area (Å²) in [5.74, 6) is 2.32. The minimum Gasteiger partial charge on any atom is -0.549 e. The lowest BCUT2D eigenvalue weighted by Crippen LogP contribution is -2.54. The predicted molar refractivity (Wildman–Crippen MR) is 111 cm³/mol. The van der Waals surface area contributed by atoms with Gasteiger partial charge in [0.1, 0.15) is 11.9 Å². The van der Waals surface area contributed by atoms with Crippen LogP contribution in [0.4, 0.5) is 0 Å². The van der Waals surface area contributed by atoms with Crippen LogP contribution in [0.1, 0.15) is 5.56 Å². The molecular weight excluding hydrogens is 432 g/mol. The molecule has 33 heavy (non-hydrogen) atoms. The van der Waals surface area contributed by atoms with Gasteiger partial charge in [0.15, 0.2) is 0 Å². The molecule has 0 bridgehead atoms. The van der Waals surface area contributed by atoms with Crippen molar-refractivity contribution in [1.82, 2.24) is 14.7 Å². The van der Waals surface area contributed by atoms with Crippen molar-refractivity contribution >= 4 is 17.9 Å². The average Bonchev–Trinajstić information content (AvgIpc) is 2.73. The van der Waals surface area contributed by atoms with E-state index in [2.05, 4.69) is 11.8 Å². The molecule has 1 saturated heterocycles. The Kier molecular flexibility index (Phi) is 10.6. The number of carboxylic acid groups (broad SMARTS) is 3. The van der Waals surface area contributed by atoms with Gasteiger partial charge in [0.2, 0.25) is 0 Å². The smallest absolute Gasteiger partial charge is 0.124 e. The Morgan fingerprint density at radius 3 is 1.76 bits per heavy atom. The van der Waals surface area contributed by atoms with Crippen LogP contribution in [0.15, 0.2) is 24.3 Å². The summed E-state index contributed by atoms with van der Waals surface area (Å²) >= 11 is 0. The molecule has 180 valence electrons. The van der Waals surface area contributed by atoms with Gasteiger partial charge < -0.3 is 40.2 Å². The molecule has 11 nitrogen and oxygen atoms in total. The van der Waals surface area contributed by atoms with E-state index in [1.165, 1.54) is 0 Å². The Morgan fingerprint density at radius 1 is 0.848 bits per heavy atom. The van der Waals surface area contributed by atoms with Crippen LogP contribution in [-0.4, -0.2) is 104 Å². The van der Waals surface area contributed by atoms with Gasteiger partial charge in [-0.15, -0.1) is 0 Å². The molecule has 0 unspecified atom stereocenters. The summed E-state index contributed by atoms with van der Waals surface area (Å²) in [7, 11) is 0. The fraction of sp³-hybridized carbons (Fsp3) is 0.500. The third kappa shape index (κ3) is 10.3. The fourth-order valence-electron chi connectivity index (χ4n) is 3.52. The van der Waals surface area contributed by atoms with Crippen LogP contribution in [0.3, 0.4) is 0 Å². The zero-order valence-corrected chi connectivity index (χ0v) is 18.2. The number of aliphatic carboxylic acids is 3. The van der Waals surface area contributed by atoms with Crippen molar-refractivity contribution in [1.29, 1.82) is 0 Å². The molecule has 0 saturated carbocycles. The number of hydrogen-bond acceptors (Lipinski definition) is 11. The summed E-state index contributed by atoms with van der Waals surface area (Å²) in [4.78, 5) is 38.3. The molecule has 0 aromatic heterocycles. The summed E-state index contributed by atoms with van der Waals surface area (Å²) < 4.78 is 6.06. The number of rotatable bonds is 8. The van der Waals surface area contributed by atoms with E-state index in [9.17, 15) is 29.7 Å². The topological polar surface area (TPSA) is 165 Å². The summed E-state index contributed by atoms with van der Waals surface area (Å²) in [6, 6.07) is 6.95. The van der Waals surface area contributed by atoms with Crippen LogP contribution in [0, 0.1) is 11.8 Å². The number of nitrogens with two attached hydrogens (primary N) is 1. The van der Waals surface area contributed by atoms with Crippen LogP contribution < -0.4 is 25.8 Å². The van der Waals surface area contributed by atoms with Gasteiger partial charge in [0.05, 0.1) is 24.5 Å². The monoisotopic (exact) mass is 459 g/mol. The molecule has 1 aromatic rings. The number of carbonyl (C=O) groups is 3. The first-order valence-corrected chi connectivity index (χ1v) is 10.5. The second kappa shape index (κ2) is 13.4. The molecular formula is C22H27N4O7-3. The van der Waals surface area contributed by atoms with Crippen molar-refractivity contribution in [3.63, 3.8) is 0 Å². The zero-order chi connectivity index (χ0) is 24.2. The number of carbonyl (C=O) groups excluding carboxylic acids is 3. The predicted octanol–water partition coefficient (Wildman–Crippen LogP) is -5.09. The van der Waals surface area contributed by atoms with Crippen molar-refractivity contribution in [3.05, 3.63) is 29.8 Å². The van der Waals surface area contributed by atoms with E-state index in [1.807, 2.05) is 0 Å². The van der Waals surface area contributed by atoms with Gasteiger partial charge in [-0.2, -0.15) is 0 Å². The Balaban J connectivity index is 2.21. The highest BCUT2D eigenvalue weighted by Crippen LogP contribution is 2.15. The highest BCUT2D eigenvalue weighted by atomic mass is 16.5. The molecule has 1 aromatic carbocycles. The SMILES string of the molecule is NCC#Cc1ccc(OC2CN(CC(=O)[O-])CCN(CC(=O)[O-])CCN(CC(=O)[O-])C2)cc1. The lowest BCUT2D eigenvalue weighted by Gasteiger charge is -2.36. The van der Waals surface area contributed by atoms with Gasteiger partial charge in [-0.25, -0.2) is 0 Å². The highest BCUT2D eigenvalue weighted by molar-refractivity contribution is 5.67. The summed E-state index contributed by atoms with van der Waals surface area (Å²) in [6.45, 7) is 0.464. The Hall–Kier alpha value is -3.17. The lowest BCUT2D eigenvalue weighted by atomic mass is 10.2. The van der Waals surface area contributed by atoms with Gasteiger partial charge >= 0.3 is 0 Å². The van der Waals surface area contributed by atoms with Crippen molar-refractivity contribution < 1.29 is 34.4 Å². The Labute approximate surface area is 192 Å². The van der Waals surface area contributed by atoms with E-state index in [0.717, 1.165) is 5.56 Å². The minimum absolute atomic E-state index is 0.158.